The van der Waals surface area contributed by atoms with E-state index < -0.39 is 29.1 Å². The second kappa shape index (κ2) is 7.99. The van der Waals surface area contributed by atoms with Gasteiger partial charge in [0.05, 0.1) is 37.0 Å². The summed E-state index contributed by atoms with van der Waals surface area (Å²) in [5.41, 5.74) is 0.398. The molecule has 6 N–H and O–H groups in total. The number of carbonyl (C=O) groups is 2. The van der Waals surface area contributed by atoms with Crippen molar-refractivity contribution in [1.82, 2.24) is 4.98 Å². The topological polar surface area (TPSA) is 188 Å². The zero-order chi connectivity index (χ0) is 23.8. The Kier molecular flexibility index (Phi) is 5.69. The number of hydrogen-bond donors (Lipinski definition) is 5. The number of aromatic carboxylic acids is 1. The van der Waals surface area contributed by atoms with Gasteiger partial charge in [-0.3, -0.25) is 4.79 Å². The average Bonchev–Trinajstić information content (AvgIpc) is 2.74. The first kappa shape index (κ1) is 22.8. The van der Waals surface area contributed by atoms with Gasteiger partial charge in [-0.25, -0.2) is 9.78 Å². The van der Waals surface area contributed by atoms with Crippen LogP contribution in [-0.4, -0.2) is 57.2 Å². The number of carbonyl (C=O) groups excluding carboxylic acids is 1. The Morgan fingerprint density at radius 2 is 2.06 bits per heavy atom. The number of pyridine rings is 1. The highest BCUT2D eigenvalue weighted by Crippen LogP contribution is 2.53. The van der Waals surface area contributed by atoms with Crippen molar-refractivity contribution >= 4 is 17.6 Å². The summed E-state index contributed by atoms with van der Waals surface area (Å²) in [6, 6.07) is 6.17. The molecule has 32 heavy (non-hydrogen) atoms. The van der Waals surface area contributed by atoms with Gasteiger partial charge in [-0.2, -0.15) is 5.26 Å². The minimum atomic E-state index is -2.70. The van der Waals surface area contributed by atoms with Gasteiger partial charge in [0.25, 0.3) is 5.91 Å². The van der Waals surface area contributed by atoms with Crippen LogP contribution in [0.3, 0.4) is 0 Å². The van der Waals surface area contributed by atoms with E-state index in [1.165, 1.54) is 25.3 Å². The van der Waals surface area contributed by atoms with Crippen molar-refractivity contribution < 1.29 is 34.4 Å². The van der Waals surface area contributed by atoms with Gasteiger partial charge in [-0.1, -0.05) is 6.07 Å². The Labute approximate surface area is 183 Å². The monoisotopic (exact) mass is 442 g/mol. The van der Waals surface area contributed by atoms with Crippen LogP contribution in [0.15, 0.2) is 24.4 Å². The lowest BCUT2D eigenvalue weighted by atomic mass is 9.68. The van der Waals surface area contributed by atoms with Crippen molar-refractivity contribution in [3.63, 3.8) is 0 Å². The Hall–Kier alpha value is -3.88. The molecule has 0 spiro atoms. The second-order valence-corrected chi connectivity index (χ2v) is 7.33. The smallest absolute Gasteiger partial charge is 0.339 e. The summed E-state index contributed by atoms with van der Waals surface area (Å²) < 4.78 is 10.9. The largest absolute Gasteiger partial charge is 0.496 e. The number of nitrogens with zero attached hydrogens (tertiary/aromatic N) is 2. The lowest BCUT2D eigenvalue weighted by Crippen LogP contribution is -2.69. The highest BCUT2D eigenvalue weighted by molar-refractivity contribution is 5.98. The molecule has 0 aliphatic carbocycles. The summed E-state index contributed by atoms with van der Waals surface area (Å²) in [5.74, 6) is -4.11. The maximum Gasteiger partial charge on any atom is 0.339 e. The van der Waals surface area contributed by atoms with E-state index >= 15 is 0 Å². The quantitative estimate of drug-likeness (QED) is 0.422. The fraction of sp³-hybridized carbons (Fsp3) is 0.333. The Morgan fingerprint density at radius 1 is 1.38 bits per heavy atom. The van der Waals surface area contributed by atoms with E-state index in [1.54, 1.807) is 6.92 Å². The number of carboxylic acids is 1. The lowest BCUT2D eigenvalue weighted by molar-refractivity contribution is -0.168. The highest BCUT2D eigenvalue weighted by Gasteiger charge is 2.62. The molecule has 0 fully saturated rings. The zero-order valence-electron chi connectivity index (χ0n) is 17.5. The van der Waals surface area contributed by atoms with E-state index in [0.29, 0.717) is 0 Å². The lowest BCUT2D eigenvalue weighted by Gasteiger charge is -2.49. The van der Waals surface area contributed by atoms with Crippen molar-refractivity contribution in [3.8, 4) is 17.7 Å². The molecule has 0 radical (unpaired) electrons. The number of nitrogens with two attached hydrogens (primary N) is 1. The first-order chi connectivity index (χ1) is 15.0. The normalized spacial score (nSPS) is 23.9. The third-order valence-electron chi connectivity index (χ3n) is 5.46. The minimum Gasteiger partial charge on any atom is -0.496 e. The molecule has 1 aromatic heterocycles. The zero-order valence-corrected chi connectivity index (χ0v) is 17.5. The molecule has 0 bridgehead atoms. The molecular weight excluding hydrogens is 420 g/mol. The fourth-order valence-corrected chi connectivity index (χ4v) is 3.94. The first-order valence-electron chi connectivity index (χ1n) is 9.53. The molecule has 0 saturated heterocycles. The fourth-order valence-electron chi connectivity index (χ4n) is 3.94. The molecule has 2 aromatic rings. The molecule has 1 amide bonds. The van der Waals surface area contributed by atoms with Crippen molar-refractivity contribution in [2.75, 3.05) is 19.0 Å². The molecule has 3 rings (SSSR count). The maximum absolute atomic E-state index is 12.6. The Morgan fingerprint density at radius 3 is 2.59 bits per heavy atom. The number of fused-ring (bicyclic) bond motifs is 1. The van der Waals surface area contributed by atoms with E-state index in [9.17, 15) is 30.2 Å². The predicted octanol–water partition coefficient (Wildman–Crippen LogP) is 0.541. The molecular formula is C21H22N4O7. The van der Waals surface area contributed by atoms with Crippen LogP contribution in [0.5, 0.6) is 11.6 Å². The van der Waals surface area contributed by atoms with Crippen molar-refractivity contribution in [3.05, 3.63) is 46.6 Å². The van der Waals surface area contributed by atoms with Crippen LogP contribution < -0.4 is 20.5 Å². The molecule has 3 atom stereocenters. The number of nitriles is 1. The maximum atomic E-state index is 12.6. The molecule has 2 heterocycles. The number of ether oxygens (including phenoxy) is 2. The molecule has 11 nitrogen and oxygen atoms in total. The minimum absolute atomic E-state index is 0.0115. The SMILES string of the molecule is CCOc1ncc(C(=O)O)c2c1[C@H](c1ccc(C#N)cc1OC)C(O)(C(N)=O)C(C)(O)N2. The second-order valence-electron chi connectivity index (χ2n) is 7.33. The number of rotatable bonds is 6. The number of carboxylic acid groups (broad SMARTS) is 1. The van der Waals surface area contributed by atoms with Gasteiger partial charge >= 0.3 is 5.97 Å². The van der Waals surface area contributed by atoms with Gasteiger partial charge in [-0.15, -0.1) is 0 Å². The van der Waals surface area contributed by atoms with Crippen LogP contribution in [0.25, 0.3) is 0 Å². The van der Waals surface area contributed by atoms with Crippen molar-refractivity contribution in [1.29, 1.82) is 5.26 Å². The van der Waals surface area contributed by atoms with Crippen LogP contribution in [0, 0.1) is 11.3 Å². The van der Waals surface area contributed by atoms with E-state index in [4.69, 9.17) is 15.2 Å². The first-order valence-corrected chi connectivity index (χ1v) is 9.53. The summed E-state index contributed by atoms with van der Waals surface area (Å²) in [6.07, 6.45) is 1.04. The van der Waals surface area contributed by atoms with Crippen LogP contribution in [0.1, 0.15) is 46.8 Å². The number of nitrogens with one attached hydrogen (secondary N) is 1. The third-order valence-corrected chi connectivity index (χ3v) is 5.46. The van der Waals surface area contributed by atoms with Crippen LogP contribution >= 0.6 is 0 Å². The number of aromatic nitrogens is 1. The Balaban J connectivity index is 2.51. The number of hydrogen-bond acceptors (Lipinski definition) is 9. The number of anilines is 1. The number of aliphatic hydroxyl groups is 2. The van der Waals surface area contributed by atoms with Crippen molar-refractivity contribution in [2.45, 2.75) is 31.1 Å². The predicted molar refractivity (Wildman–Crippen MR) is 110 cm³/mol. The van der Waals surface area contributed by atoms with Gasteiger partial charge in [0, 0.05) is 17.3 Å². The third kappa shape index (κ3) is 3.26. The van der Waals surface area contributed by atoms with E-state index in [1.807, 2.05) is 6.07 Å². The summed E-state index contributed by atoms with van der Waals surface area (Å²) in [7, 11) is 1.32. The summed E-state index contributed by atoms with van der Waals surface area (Å²) in [6.45, 7) is 2.90. The molecule has 1 aliphatic rings. The number of methoxy groups -OCH3 is 1. The van der Waals surface area contributed by atoms with Crippen LogP contribution in [0.4, 0.5) is 5.69 Å². The van der Waals surface area contributed by atoms with Gasteiger partial charge in [-0.05, 0) is 26.0 Å². The average molecular weight is 442 g/mol. The molecule has 1 aromatic carbocycles. The number of amides is 1. The highest BCUT2D eigenvalue weighted by atomic mass is 16.5. The van der Waals surface area contributed by atoms with Gasteiger partial charge in [0.1, 0.15) is 11.3 Å². The number of primary amides is 1. The van der Waals surface area contributed by atoms with Crippen LogP contribution in [-0.2, 0) is 4.79 Å². The molecule has 0 saturated carbocycles. The molecule has 11 heteroatoms. The summed E-state index contributed by atoms with van der Waals surface area (Å²) in [5, 5.41) is 44.1. The summed E-state index contributed by atoms with van der Waals surface area (Å²) >= 11 is 0. The van der Waals surface area contributed by atoms with Crippen LogP contribution in [0.2, 0.25) is 0 Å². The number of benzene rings is 1. The van der Waals surface area contributed by atoms with Crippen molar-refractivity contribution in [2.24, 2.45) is 5.73 Å². The molecule has 1 aliphatic heterocycles. The van der Waals surface area contributed by atoms with E-state index in [-0.39, 0.29) is 46.2 Å². The van der Waals surface area contributed by atoms with E-state index in [2.05, 4.69) is 10.3 Å². The van der Waals surface area contributed by atoms with Gasteiger partial charge in [0.2, 0.25) is 11.5 Å². The van der Waals surface area contributed by atoms with E-state index in [0.717, 1.165) is 13.1 Å². The standard InChI is InChI=1S/C21H22N4O7/c1-4-32-17-14-15(11-6-5-10(8-22)7-13(11)31-3)21(30,19(23)28)20(2,29)25-16(14)12(9-24-17)18(26)27/h5-7,9,15,25,29-30H,4H2,1-3H3,(H2,23,28)(H,26,27)/t15-,20?,21?/m0/s1. The Bertz CT molecular complexity index is 1140. The summed E-state index contributed by atoms with van der Waals surface area (Å²) in [4.78, 5) is 28.5. The van der Waals surface area contributed by atoms with Gasteiger partial charge in [0.15, 0.2) is 5.72 Å². The molecule has 168 valence electrons. The molecule has 2 unspecified atom stereocenters. The van der Waals surface area contributed by atoms with Gasteiger partial charge < -0.3 is 35.8 Å².